The molecule has 0 saturated heterocycles. The summed E-state index contributed by atoms with van der Waals surface area (Å²) < 4.78 is 0. The second-order valence-electron chi connectivity index (χ2n) is 12.6. The fourth-order valence-electron chi connectivity index (χ4n) is 7.36. The van der Waals surface area contributed by atoms with Gasteiger partial charge < -0.3 is 20.0 Å². The minimum atomic E-state index is -0.914. The number of amides is 2. The Kier molecular flexibility index (Phi) is 10.5. The fraction of sp³-hybridized carbons (Fsp3) is 0.529. The molecule has 0 bridgehead atoms. The first-order valence-corrected chi connectivity index (χ1v) is 16.5. The van der Waals surface area contributed by atoms with Gasteiger partial charge in [-0.3, -0.25) is 9.59 Å². The molecule has 4 aliphatic rings. The van der Waals surface area contributed by atoms with E-state index in [-0.39, 0.29) is 11.8 Å². The Morgan fingerprint density at radius 2 is 1.20 bits per heavy atom. The number of aliphatic carboxylic acids is 2. The predicted octanol–water partition coefficient (Wildman–Crippen LogP) is 7.44. The molecule has 44 heavy (non-hydrogen) atoms. The smallest absolute Gasteiger partial charge is 0.326 e. The van der Waals surface area contributed by atoms with Gasteiger partial charge in [0.2, 0.25) is 0 Å². The molecule has 2 atom stereocenters. The van der Waals surface area contributed by atoms with Crippen molar-refractivity contribution < 1.29 is 29.4 Å². The standard InChI is InChI=1S/2C17H20ClNO3/c18-14-8-4-7-12-13(14)10-19(16(12)20)15(17(21)22)9-11-5-2-1-3-6-11;18-13-8-4-7-12-10-19(16(20)15(12)13)14(17(21)22)9-11-5-2-1-3-6-11/h4,7-8,11,15H,1-3,5-6,9-10H2,(H,21,22);4,7-8,11,14H,1-3,5-6,9-10H2,(H,21,22)/t15-;14-/m00/s1. The van der Waals surface area contributed by atoms with Gasteiger partial charge in [0.1, 0.15) is 12.1 Å². The Labute approximate surface area is 268 Å². The third-order valence-electron chi connectivity index (χ3n) is 9.74. The van der Waals surface area contributed by atoms with Crippen LogP contribution in [0.15, 0.2) is 36.4 Å². The SMILES string of the molecule is O=C(O)[C@H](CC1CCCCC1)N1Cc2c(Cl)cccc2C1=O.O=C(O)[C@H](CC1CCCCC1)N1Cc2cccc(Cl)c2C1=O. The number of nitrogens with zero attached hydrogens (tertiary/aromatic N) is 2. The summed E-state index contributed by atoms with van der Waals surface area (Å²) in [5.74, 6) is -1.47. The number of carboxylic acid groups (broad SMARTS) is 2. The predicted molar refractivity (Wildman–Crippen MR) is 168 cm³/mol. The van der Waals surface area contributed by atoms with E-state index in [1.165, 1.54) is 22.6 Å². The number of carbonyl (C=O) groups is 4. The number of rotatable bonds is 8. The molecule has 0 radical (unpaired) electrons. The average Bonchev–Trinajstić information content (AvgIpc) is 3.53. The maximum absolute atomic E-state index is 12.6. The highest BCUT2D eigenvalue weighted by molar-refractivity contribution is 6.34. The largest absolute Gasteiger partial charge is 0.480 e. The van der Waals surface area contributed by atoms with E-state index >= 15 is 0 Å². The second kappa shape index (κ2) is 14.3. The van der Waals surface area contributed by atoms with Gasteiger partial charge in [0.05, 0.1) is 10.6 Å². The molecule has 2 amide bonds. The first-order chi connectivity index (χ1) is 21.2. The molecule has 0 aromatic heterocycles. The third-order valence-corrected chi connectivity index (χ3v) is 10.4. The molecule has 2 heterocycles. The maximum Gasteiger partial charge on any atom is 0.326 e. The van der Waals surface area contributed by atoms with Crippen molar-refractivity contribution in [3.05, 3.63) is 68.7 Å². The molecule has 10 heteroatoms. The highest BCUT2D eigenvalue weighted by Crippen LogP contribution is 2.36. The van der Waals surface area contributed by atoms with Crippen molar-refractivity contribution in [2.45, 2.75) is 102 Å². The van der Waals surface area contributed by atoms with Crippen LogP contribution in [0, 0.1) is 11.8 Å². The van der Waals surface area contributed by atoms with Crippen LogP contribution in [0.5, 0.6) is 0 Å². The Balaban J connectivity index is 0.000000175. The lowest BCUT2D eigenvalue weighted by Crippen LogP contribution is -2.42. The average molecular weight is 644 g/mol. The molecular weight excluding hydrogens is 603 g/mol. The van der Waals surface area contributed by atoms with E-state index in [0.29, 0.717) is 58.9 Å². The van der Waals surface area contributed by atoms with Crippen molar-refractivity contribution in [1.29, 1.82) is 0 Å². The van der Waals surface area contributed by atoms with Gasteiger partial charge in [0.25, 0.3) is 11.8 Å². The summed E-state index contributed by atoms with van der Waals surface area (Å²) in [4.78, 5) is 51.5. The van der Waals surface area contributed by atoms with Crippen LogP contribution < -0.4 is 0 Å². The molecular formula is C34H40Cl2N2O6. The second-order valence-corrected chi connectivity index (χ2v) is 13.4. The lowest BCUT2D eigenvalue weighted by molar-refractivity contribution is -0.144. The first-order valence-electron chi connectivity index (χ1n) is 15.8. The molecule has 2 aromatic carbocycles. The quantitative estimate of drug-likeness (QED) is 0.309. The highest BCUT2D eigenvalue weighted by atomic mass is 35.5. The Morgan fingerprint density at radius 3 is 1.70 bits per heavy atom. The van der Waals surface area contributed by atoms with Gasteiger partial charge in [-0.1, -0.05) is 106 Å². The number of halogens is 2. The Bertz CT molecular complexity index is 1370. The summed E-state index contributed by atoms with van der Waals surface area (Å²) in [5.41, 5.74) is 2.60. The number of carbonyl (C=O) groups excluding carboxylic acids is 2. The lowest BCUT2D eigenvalue weighted by atomic mass is 9.84. The number of fused-ring (bicyclic) bond motifs is 2. The fourth-order valence-corrected chi connectivity index (χ4v) is 7.87. The highest BCUT2D eigenvalue weighted by Gasteiger charge is 2.40. The van der Waals surface area contributed by atoms with Crippen molar-refractivity contribution >= 4 is 47.0 Å². The summed E-state index contributed by atoms with van der Waals surface area (Å²) >= 11 is 12.3. The molecule has 0 unspecified atom stereocenters. The number of carboxylic acids is 2. The zero-order valence-electron chi connectivity index (χ0n) is 24.9. The Morgan fingerprint density at radius 1 is 0.705 bits per heavy atom. The summed E-state index contributed by atoms with van der Waals surface area (Å²) in [6.45, 7) is 0.649. The van der Waals surface area contributed by atoms with Crippen molar-refractivity contribution in [1.82, 2.24) is 9.80 Å². The number of benzene rings is 2. The van der Waals surface area contributed by atoms with Crippen molar-refractivity contribution in [2.24, 2.45) is 11.8 Å². The van der Waals surface area contributed by atoms with E-state index in [1.54, 1.807) is 30.3 Å². The molecule has 8 nitrogen and oxygen atoms in total. The minimum absolute atomic E-state index is 0.208. The van der Waals surface area contributed by atoms with Crippen LogP contribution in [0.1, 0.15) is 109 Å². The molecule has 2 aliphatic heterocycles. The van der Waals surface area contributed by atoms with E-state index in [9.17, 15) is 29.4 Å². The molecule has 236 valence electrons. The molecule has 2 aromatic rings. The van der Waals surface area contributed by atoms with Crippen LogP contribution >= 0.6 is 23.2 Å². The first kappa shape index (κ1) is 32.3. The normalized spacial score (nSPS) is 20.0. The van der Waals surface area contributed by atoms with Gasteiger partial charge in [-0.05, 0) is 48.4 Å². The van der Waals surface area contributed by atoms with Gasteiger partial charge in [0.15, 0.2) is 0 Å². The van der Waals surface area contributed by atoms with Crippen molar-refractivity contribution in [3.8, 4) is 0 Å². The van der Waals surface area contributed by atoms with E-state index < -0.39 is 24.0 Å². The van der Waals surface area contributed by atoms with E-state index in [2.05, 4.69) is 0 Å². The van der Waals surface area contributed by atoms with Gasteiger partial charge in [-0.2, -0.15) is 0 Å². The number of hydrogen-bond donors (Lipinski definition) is 2. The summed E-state index contributed by atoms with van der Waals surface area (Å²) in [6, 6.07) is 9.03. The molecule has 2 saturated carbocycles. The number of hydrogen-bond acceptors (Lipinski definition) is 4. The van der Waals surface area contributed by atoms with E-state index in [4.69, 9.17) is 23.2 Å². The van der Waals surface area contributed by atoms with Gasteiger partial charge >= 0.3 is 11.9 Å². The topological polar surface area (TPSA) is 115 Å². The summed E-state index contributed by atoms with van der Waals surface area (Å²) in [5, 5.41) is 20.2. The summed E-state index contributed by atoms with van der Waals surface area (Å²) in [7, 11) is 0. The molecule has 2 N–H and O–H groups in total. The summed E-state index contributed by atoms with van der Waals surface area (Å²) in [6.07, 6.45) is 12.5. The molecule has 6 rings (SSSR count). The third kappa shape index (κ3) is 7.07. The van der Waals surface area contributed by atoms with Crippen LogP contribution in [0.25, 0.3) is 0 Å². The molecule has 0 spiro atoms. The van der Waals surface area contributed by atoms with Crippen LogP contribution in [-0.4, -0.2) is 55.8 Å². The minimum Gasteiger partial charge on any atom is -0.480 e. The van der Waals surface area contributed by atoms with Gasteiger partial charge in [-0.15, -0.1) is 0 Å². The Hall–Kier alpha value is -3.10. The van der Waals surface area contributed by atoms with Crippen LogP contribution in [0.2, 0.25) is 10.0 Å². The zero-order chi connectivity index (χ0) is 31.4. The van der Waals surface area contributed by atoms with Crippen LogP contribution in [0.3, 0.4) is 0 Å². The monoisotopic (exact) mass is 642 g/mol. The molecule has 2 aliphatic carbocycles. The van der Waals surface area contributed by atoms with Gasteiger partial charge in [-0.25, -0.2) is 9.59 Å². The van der Waals surface area contributed by atoms with Gasteiger partial charge in [0, 0.05) is 29.2 Å². The van der Waals surface area contributed by atoms with Crippen LogP contribution in [-0.2, 0) is 22.7 Å². The van der Waals surface area contributed by atoms with E-state index in [0.717, 1.165) is 62.5 Å². The van der Waals surface area contributed by atoms with E-state index in [1.807, 2.05) is 6.07 Å². The maximum atomic E-state index is 12.6. The van der Waals surface area contributed by atoms with Crippen LogP contribution in [0.4, 0.5) is 0 Å². The zero-order valence-corrected chi connectivity index (χ0v) is 26.4. The van der Waals surface area contributed by atoms with Crippen molar-refractivity contribution in [3.63, 3.8) is 0 Å². The lowest BCUT2D eigenvalue weighted by Gasteiger charge is -2.29. The molecule has 2 fully saturated rings. The van der Waals surface area contributed by atoms with Crippen molar-refractivity contribution in [2.75, 3.05) is 0 Å².